The van der Waals surface area contributed by atoms with E-state index in [0.29, 0.717) is 11.9 Å². The van der Waals surface area contributed by atoms with Crippen LogP contribution in [0.4, 0.5) is 0 Å². The van der Waals surface area contributed by atoms with Gasteiger partial charge in [0.15, 0.2) is 11.6 Å². The van der Waals surface area contributed by atoms with E-state index in [4.69, 9.17) is 11.5 Å². The summed E-state index contributed by atoms with van der Waals surface area (Å²) in [5, 5.41) is 10.1. The van der Waals surface area contributed by atoms with Gasteiger partial charge in [-0.15, -0.1) is 0 Å². The van der Waals surface area contributed by atoms with Gasteiger partial charge < -0.3 is 11.1 Å². The lowest BCUT2D eigenvalue weighted by Gasteiger charge is -2.28. The number of nitrogens with one attached hydrogen (secondary N) is 2. The van der Waals surface area contributed by atoms with Crippen molar-refractivity contribution in [1.82, 2.24) is 15.5 Å². The first-order chi connectivity index (χ1) is 8.09. The van der Waals surface area contributed by atoms with Crippen LogP contribution in [0, 0.1) is 0 Å². The predicted octanol–water partition coefficient (Wildman–Crippen LogP) is 0.220. The smallest absolute Gasteiger partial charge is 0.195 e. The van der Waals surface area contributed by atoms with Crippen molar-refractivity contribution >= 4 is 5.96 Å². The highest BCUT2D eigenvalue weighted by Crippen LogP contribution is 2.40. The Bertz CT molecular complexity index is 510. The monoisotopic (exact) mass is 232 g/mol. The summed E-state index contributed by atoms with van der Waals surface area (Å²) in [5.74, 6) is 0.914. The minimum atomic E-state index is -0.921. The predicted molar refractivity (Wildman–Crippen MR) is 64.9 cm³/mol. The van der Waals surface area contributed by atoms with E-state index in [-0.39, 0.29) is 0 Å². The van der Waals surface area contributed by atoms with Crippen LogP contribution < -0.4 is 16.8 Å². The summed E-state index contributed by atoms with van der Waals surface area (Å²) in [6.07, 6.45) is 4.20. The number of aliphatic imine (C=N–C) groups is 1. The quantitative estimate of drug-likeness (QED) is 0.585. The molecule has 1 fully saturated rings. The fourth-order valence-corrected chi connectivity index (χ4v) is 2.00. The Kier molecular flexibility index (Phi) is 2.03. The molecule has 0 spiro atoms. The molecule has 1 saturated carbocycles. The summed E-state index contributed by atoms with van der Waals surface area (Å²) < 4.78 is 0. The van der Waals surface area contributed by atoms with Gasteiger partial charge in [0.2, 0.25) is 0 Å². The van der Waals surface area contributed by atoms with Crippen LogP contribution in [-0.2, 0) is 5.66 Å². The Labute approximate surface area is 99.2 Å². The van der Waals surface area contributed by atoms with Crippen LogP contribution in [0.5, 0.6) is 0 Å². The maximum Gasteiger partial charge on any atom is 0.195 e. The lowest BCUT2D eigenvalue weighted by Crippen LogP contribution is -2.45. The van der Waals surface area contributed by atoms with Crippen molar-refractivity contribution in [3.63, 3.8) is 0 Å². The molecule has 2 heterocycles. The zero-order valence-electron chi connectivity index (χ0n) is 9.70. The minimum Gasteiger partial charge on any atom is -0.370 e. The highest BCUT2D eigenvalue weighted by Gasteiger charge is 2.35. The number of H-pyrrole nitrogens is 1. The lowest BCUT2D eigenvalue weighted by molar-refractivity contribution is 0.522. The van der Waals surface area contributed by atoms with Crippen LogP contribution in [0.15, 0.2) is 22.8 Å². The maximum absolute atomic E-state index is 6.30. The molecule has 6 N–H and O–H groups in total. The van der Waals surface area contributed by atoms with E-state index in [9.17, 15) is 0 Å². The minimum absolute atomic E-state index is 0.320. The molecule has 1 atom stereocenters. The molecule has 0 bridgehead atoms. The third-order valence-corrected chi connectivity index (χ3v) is 3.34. The van der Waals surface area contributed by atoms with Crippen molar-refractivity contribution in [2.75, 3.05) is 0 Å². The molecule has 90 valence electrons. The second kappa shape index (κ2) is 3.33. The summed E-state index contributed by atoms with van der Waals surface area (Å²) in [7, 11) is 0. The number of rotatable bonds is 2. The van der Waals surface area contributed by atoms with E-state index in [0.717, 1.165) is 17.0 Å². The highest BCUT2D eigenvalue weighted by molar-refractivity contribution is 5.81. The molecule has 0 radical (unpaired) electrons. The van der Waals surface area contributed by atoms with Crippen molar-refractivity contribution in [2.45, 2.75) is 31.3 Å². The fourth-order valence-electron chi connectivity index (χ4n) is 2.00. The van der Waals surface area contributed by atoms with Gasteiger partial charge in [0, 0.05) is 12.1 Å². The van der Waals surface area contributed by atoms with Crippen molar-refractivity contribution in [1.29, 1.82) is 0 Å². The molecule has 0 aromatic carbocycles. The van der Waals surface area contributed by atoms with Gasteiger partial charge in [-0.25, -0.2) is 4.99 Å². The molecule has 3 rings (SSSR count). The first kappa shape index (κ1) is 10.3. The Morgan fingerprint density at radius 1 is 1.47 bits per heavy atom. The molecule has 6 heteroatoms. The molecule has 6 nitrogen and oxygen atoms in total. The molecule has 1 aliphatic carbocycles. The van der Waals surface area contributed by atoms with Gasteiger partial charge in [-0.1, -0.05) is 0 Å². The first-order valence-corrected chi connectivity index (χ1v) is 5.73. The molecule has 2 aliphatic rings. The molecule has 1 unspecified atom stereocenters. The van der Waals surface area contributed by atoms with E-state index in [1.54, 1.807) is 6.20 Å². The van der Waals surface area contributed by atoms with Crippen LogP contribution in [0.1, 0.15) is 37.1 Å². The summed E-state index contributed by atoms with van der Waals surface area (Å²) in [6.45, 7) is 1.92. The van der Waals surface area contributed by atoms with Gasteiger partial charge in [0.05, 0.1) is 11.4 Å². The number of aromatic amines is 1. The fraction of sp³-hybridized carbons (Fsp3) is 0.455. The number of nitrogens with zero attached hydrogens (tertiary/aromatic N) is 2. The van der Waals surface area contributed by atoms with E-state index < -0.39 is 5.66 Å². The van der Waals surface area contributed by atoms with E-state index >= 15 is 0 Å². The van der Waals surface area contributed by atoms with Crippen molar-refractivity contribution in [2.24, 2.45) is 16.5 Å². The van der Waals surface area contributed by atoms with Gasteiger partial charge in [-0.05, 0) is 31.4 Å². The van der Waals surface area contributed by atoms with Crippen LogP contribution in [0.25, 0.3) is 0 Å². The van der Waals surface area contributed by atoms with Crippen molar-refractivity contribution in [3.8, 4) is 0 Å². The third-order valence-electron chi connectivity index (χ3n) is 3.34. The molecule has 0 amide bonds. The molecule has 1 aliphatic heterocycles. The van der Waals surface area contributed by atoms with Gasteiger partial charge in [0.25, 0.3) is 0 Å². The van der Waals surface area contributed by atoms with Crippen molar-refractivity contribution in [3.05, 3.63) is 29.2 Å². The zero-order chi connectivity index (χ0) is 12.0. The van der Waals surface area contributed by atoms with Crippen LogP contribution in [0.2, 0.25) is 0 Å². The molecule has 1 aromatic heterocycles. The highest BCUT2D eigenvalue weighted by atomic mass is 15.2. The average molecular weight is 232 g/mol. The SMILES string of the molecule is CC1=CNC(N)=NC1(N)c1cc(C2CC2)n[nH]1. The normalized spacial score (nSPS) is 28.4. The van der Waals surface area contributed by atoms with Crippen LogP contribution >= 0.6 is 0 Å². The third kappa shape index (κ3) is 1.61. The molecular formula is C11H16N6. The zero-order valence-corrected chi connectivity index (χ0v) is 9.70. The van der Waals surface area contributed by atoms with Crippen LogP contribution in [-0.4, -0.2) is 16.2 Å². The standard InChI is InChI=1S/C11H16N6/c1-6-5-14-10(12)15-11(6,13)9-4-8(16-17-9)7-2-3-7/h4-5,7H,2-3,13H2,1H3,(H,16,17)(H3,12,14,15). The number of guanidine groups is 1. The second-order valence-corrected chi connectivity index (χ2v) is 4.72. The Morgan fingerprint density at radius 3 is 2.94 bits per heavy atom. The molecular weight excluding hydrogens is 216 g/mol. The van der Waals surface area contributed by atoms with Gasteiger partial charge in [-0.3, -0.25) is 10.8 Å². The van der Waals surface area contributed by atoms with Crippen LogP contribution in [0.3, 0.4) is 0 Å². The van der Waals surface area contributed by atoms with Gasteiger partial charge in [0.1, 0.15) is 0 Å². The van der Waals surface area contributed by atoms with Crippen molar-refractivity contribution < 1.29 is 0 Å². The van der Waals surface area contributed by atoms with E-state index in [1.165, 1.54) is 12.8 Å². The number of aromatic nitrogens is 2. The molecule has 1 aromatic rings. The summed E-state index contributed by atoms with van der Waals surface area (Å²) in [6, 6.07) is 2.00. The van der Waals surface area contributed by atoms with Gasteiger partial charge >= 0.3 is 0 Å². The maximum atomic E-state index is 6.30. The van der Waals surface area contributed by atoms with E-state index in [2.05, 4.69) is 20.5 Å². The topological polar surface area (TPSA) is 105 Å². The summed E-state index contributed by atoms with van der Waals surface area (Å²) in [4.78, 5) is 4.28. The average Bonchev–Trinajstić information content (AvgIpc) is 3.02. The molecule has 0 saturated heterocycles. The lowest BCUT2D eigenvalue weighted by atomic mass is 9.98. The largest absolute Gasteiger partial charge is 0.370 e. The Morgan fingerprint density at radius 2 is 2.24 bits per heavy atom. The first-order valence-electron chi connectivity index (χ1n) is 5.73. The van der Waals surface area contributed by atoms with Gasteiger partial charge in [-0.2, -0.15) is 5.10 Å². The molecule has 17 heavy (non-hydrogen) atoms. The number of hydrogen-bond acceptors (Lipinski definition) is 5. The summed E-state index contributed by atoms with van der Waals surface area (Å²) >= 11 is 0. The number of hydrogen-bond donors (Lipinski definition) is 4. The second-order valence-electron chi connectivity index (χ2n) is 4.72. The Balaban J connectivity index is 1.99. The summed E-state index contributed by atoms with van der Waals surface area (Å²) in [5.41, 5.74) is 13.8. The Hall–Kier alpha value is -1.82. The number of nitrogens with two attached hydrogens (primary N) is 2. The van der Waals surface area contributed by atoms with E-state index in [1.807, 2.05) is 13.0 Å².